The number of hydrogen-bond acceptors (Lipinski definition) is 5. The molecule has 0 radical (unpaired) electrons. The number of aliphatic hydroxyl groups is 1. The first kappa shape index (κ1) is 17.2. The molecule has 132 valence electrons. The highest BCUT2D eigenvalue weighted by atomic mass is 16.5. The van der Waals surface area contributed by atoms with Crippen molar-refractivity contribution in [1.29, 1.82) is 0 Å². The molecule has 0 bridgehead atoms. The van der Waals surface area contributed by atoms with Crippen LogP contribution < -0.4 is 15.7 Å². The zero-order valence-electron chi connectivity index (χ0n) is 13.8. The molecule has 6 heteroatoms. The zero-order chi connectivity index (χ0) is 17.6. The second-order valence-electron chi connectivity index (χ2n) is 6.20. The van der Waals surface area contributed by atoms with Gasteiger partial charge in [0.25, 0.3) is 5.91 Å². The van der Waals surface area contributed by atoms with Gasteiger partial charge in [-0.3, -0.25) is 4.79 Å². The van der Waals surface area contributed by atoms with Crippen LogP contribution in [0.15, 0.2) is 57.9 Å². The van der Waals surface area contributed by atoms with Gasteiger partial charge < -0.3 is 19.6 Å². The van der Waals surface area contributed by atoms with E-state index < -0.39 is 11.7 Å². The third kappa shape index (κ3) is 4.48. The Kier molecular flexibility index (Phi) is 5.50. The van der Waals surface area contributed by atoms with E-state index in [1.807, 2.05) is 30.3 Å². The Balaban J connectivity index is 1.56. The summed E-state index contributed by atoms with van der Waals surface area (Å²) in [4.78, 5) is 23.0. The number of para-hydroxylation sites is 1. The number of rotatable bonds is 5. The maximum Gasteiger partial charge on any atom is 0.335 e. The van der Waals surface area contributed by atoms with Gasteiger partial charge in [-0.05, 0) is 37.5 Å². The van der Waals surface area contributed by atoms with E-state index in [1.54, 1.807) is 0 Å². The van der Waals surface area contributed by atoms with Crippen molar-refractivity contribution >= 4 is 5.91 Å². The Bertz CT molecular complexity index is 737. The van der Waals surface area contributed by atoms with Gasteiger partial charge in [0.1, 0.15) is 18.1 Å². The zero-order valence-corrected chi connectivity index (χ0v) is 13.8. The van der Waals surface area contributed by atoms with Gasteiger partial charge in [0.2, 0.25) is 0 Å². The van der Waals surface area contributed by atoms with E-state index in [9.17, 15) is 14.7 Å². The second kappa shape index (κ2) is 7.98. The summed E-state index contributed by atoms with van der Waals surface area (Å²) in [7, 11) is 0. The lowest BCUT2D eigenvalue weighted by atomic mass is 9.84. The Hall–Kier alpha value is -2.60. The monoisotopic (exact) mass is 343 g/mol. The molecule has 0 spiro atoms. The van der Waals surface area contributed by atoms with E-state index in [-0.39, 0.29) is 23.5 Å². The molecular formula is C19H21NO5. The van der Waals surface area contributed by atoms with Crippen LogP contribution in [0.1, 0.15) is 29.6 Å². The molecule has 25 heavy (non-hydrogen) atoms. The third-order valence-electron chi connectivity index (χ3n) is 4.45. The highest BCUT2D eigenvalue weighted by molar-refractivity contribution is 5.93. The smallest absolute Gasteiger partial charge is 0.335 e. The molecule has 0 saturated heterocycles. The van der Waals surface area contributed by atoms with Crippen LogP contribution in [-0.2, 0) is 0 Å². The van der Waals surface area contributed by atoms with Crippen molar-refractivity contribution in [3.05, 3.63) is 64.7 Å². The van der Waals surface area contributed by atoms with Crippen molar-refractivity contribution in [2.45, 2.75) is 31.5 Å². The van der Waals surface area contributed by atoms with Crippen LogP contribution in [0.2, 0.25) is 0 Å². The summed E-state index contributed by atoms with van der Waals surface area (Å²) in [6.07, 6.45) is 2.73. The largest absolute Gasteiger partial charge is 0.488 e. The van der Waals surface area contributed by atoms with E-state index in [2.05, 4.69) is 9.73 Å². The predicted octanol–water partition coefficient (Wildman–Crippen LogP) is 1.98. The van der Waals surface area contributed by atoms with Crippen molar-refractivity contribution in [3.63, 3.8) is 0 Å². The molecule has 2 aromatic rings. The van der Waals surface area contributed by atoms with Crippen LogP contribution in [0, 0.1) is 5.92 Å². The van der Waals surface area contributed by atoms with Crippen LogP contribution in [-0.4, -0.2) is 29.8 Å². The lowest BCUT2D eigenvalue weighted by Gasteiger charge is -2.35. The first-order valence-corrected chi connectivity index (χ1v) is 8.40. The first-order chi connectivity index (χ1) is 12.1. The van der Waals surface area contributed by atoms with Crippen molar-refractivity contribution in [1.82, 2.24) is 5.32 Å². The number of hydrogen-bond donors (Lipinski definition) is 2. The lowest BCUT2D eigenvalue weighted by molar-refractivity contribution is -0.0301. The molecule has 3 atom stereocenters. The van der Waals surface area contributed by atoms with Gasteiger partial charge in [0.15, 0.2) is 0 Å². The van der Waals surface area contributed by atoms with E-state index in [0.29, 0.717) is 6.54 Å². The summed E-state index contributed by atoms with van der Waals surface area (Å²) < 4.78 is 10.6. The fourth-order valence-corrected chi connectivity index (χ4v) is 3.06. The molecule has 2 N–H and O–H groups in total. The molecule has 0 aliphatic heterocycles. The molecule has 1 saturated carbocycles. The molecule has 0 unspecified atom stereocenters. The van der Waals surface area contributed by atoms with Crippen LogP contribution in [0.25, 0.3) is 0 Å². The molecule has 1 fully saturated rings. The SMILES string of the molecule is O=C(NC[C@H]1CCC[C@@H](Oc2ccccc2)[C@@H]1O)c1ccc(=O)oc1. The van der Waals surface area contributed by atoms with Crippen molar-refractivity contribution in [3.8, 4) is 5.75 Å². The molecule has 1 heterocycles. The van der Waals surface area contributed by atoms with Gasteiger partial charge in [0, 0.05) is 18.5 Å². The Labute approximate surface area is 145 Å². The standard InChI is InChI=1S/C19H21NO5/c21-17-10-9-14(12-24-17)19(23)20-11-13-5-4-8-16(18(13)22)25-15-6-2-1-3-7-15/h1-3,6-7,9-10,12-13,16,18,22H,4-5,8,11H2,(H,20,23)/t13-,16-,18-/m1/s1. The average molecular weight is 343 g/mol. The second-order valence-corrected chi connectivity index (χ2v) is 6.20. The van der Waals surface area contributed by atoms with Gasteiger partial charge >= 0.3 is 5.63 Å². The minimum Gasteiger partial charge on any atom is -0.488 e. The van der Waals surface area contributed by atoms with Gasteiger partial charge in [-0.1, -0.05) is 18.2 Å². The van der Waals surface area contributed by atoms with Crippen LogP contribution in [0.4, 0.5) is 0 Å². The molecule has 1 aromatic carbocycles. The van der Waals surface area contributed by atoms with Gasteiger partial charge in [0.05, 0.1) is 11.7 Å². The van der Waals surface area contributed by atoms with Crippen molar-refractivity contribution in [2.24, 2.45) is 5.92 Å². The number of carbonyl (C=O) groups is 1. The van der Waals surface area contributed by atoms with Crippen LogP contribution >= 0.6 is 0 Å². The molecule has 1 aliphatic carbocycles. The Morgan fingerprint density at radius 3 is 2.72 bits per heavy atom. The number of ether oxygens (including phenoxy) is 1. The fourth-order valence-electron chi connectivity index (χ4n) is 3.06. The first-order valence-electron chi connectivity index (χ1n) is 8.40. The third-order valence-corrected chi connectivity index (χ3v) is 4.45. The highest BCUT2D eigenvalue weighted by Gasteiger charge is 2.33. The predicted molar refractivity (Wildman–Crippen MR) is 91.5 cm³/mol. The van der Waals surface area contributed by atoms with Gasteiger partial charge in [-0.2, -0.15) is 0 Å². The summed E-state index contributed by atoms with van der Waals surface area (Å²) in [6.45, 7) is 0.341. The number of aliphatic hydroxyl groups excluding tert-OH is 1. The van der Waals surface area contributed by atoms with E-state index in [1.165, 1.54) is 12.1 Å². The Morgan fingerprint density at radius 2 is 2.00 bits per heavy atom. The van der Waals surface area contributed by atoms with Crippen LogP contribution in [0.3, 0.4) is 0 Å². The molecule has 1 amide bonds. The highest BCUT2D eigenvalue weighted by Crippen LogP contribution is 2.28. The molecule has 1 aromatic heterocycles. The normalized spacial score (nSPS) is 23.0. The summed E-state index contributed by atoms with van der Waals surface area (Å²) >= 11 is 0. The maximum absolute atomic E-state index is 12.1. The molecular weight excluding hydrogens is 322 g/mol. The molecule has 1 aliphatic rings. The van der Waals surface area contributed by atoms with Crippen molar-refractivity contribution in [2.75, 3.05) is 6.54 Å². The van der Waals surface area contributed by atoms with Gasteiger partial charge in [-0.25, -0.2) is 4.79 Å². The molecule has 6 nitrogen and oxygen atoms in total. The fraction of sp³-hybridized carbons (Fsp3) is 0.368. The van der Waals surface area contributed by atoms with E-state index in [0.717, 1.165) is 31.3 Å². The number of amides is 1. The molecule has 3 rings (SSSR count). The van der Waals surface area contributed by atoms with Crippen LogP contribution in [0.5, 0.6) is 5.75 Å². The summed E-state index contributed by atoms with van der Waals surface area (Å²) in [5.74, 6) is 0.319. The quantitative estimate of drug-likeness (QED) is 0.866. The van der Waals surface area contributed by atoms with Crippen molar-refractivity contribution < 1.29 is 19.1 Å². The summed E-state index contributed by atoms with van der Waals surface area (Å²) in [6, 6.07) is 12.0. The number of nitrogens with one attached hydrogen (secondary N) is 1. The Morgan fingerprint density at radius 1 is 1.20 bits per heavy atom. The minimum atomic E-state index is -0.650. The maximum atomic E-state index is 12.1. The topological polar surface area (TPSA) is 88.8 Å². The summed E-state index contributed by atoms with van der Waals surface area (Å²) in [5.41, 5.74) is -0.220. The number of benzene rings is 1. The summed E-state index contributed by atoms with van der Waals surface area (Å²) in [5, 5.41) is 13.4. The minimum absolute atomic E-state index is 0.0814. The number of carbonyl (C=O) groups excluding carboxylic acids is 1. The van der Waals surface area contributed by atoms with E-state index in [4.69, 9.17) is 4.74 Å². The van der Waals surface area contributed by atoms with Gasteiger partial charge in [-0.15, -0.1) is 0 Å². The average Bonchev–Trinajstić information content (AvgIpc) is 2.63. The lowest BCUT2D eigenvalue weighted by Crippen LogP contribution is -2.45. The van der Waals surface area contributed by atoms with E-state index >= 15 is 0 Å².